The Labute approximate surface area is 98.1 Å². The summed E-state index contributed by atoms with van der Waals surface area (Å²) in [6, 6.07) is 0. The van der Waals surface area contributed by atoms with E-state index in [-0.39, 0.29) is 12.5 Å². The number of nitrogens with one attached hydrogen (secondary N) is 1. The lowest BCUT2D eigenvalue weighted by Crippen LogP contribution is -2.47. The largest absolute Gasteiger partial charge is 0.388 e. The van der Waals surface area contributed by atoms with Crippen molar-refractivity contribution in [3.63, 3.8) is 0 Å². The van der Waals surface area contributed by atoms with Crippen molar-refractivity contribution in [1.29, 1.82) is 0 Å². The van der Waals surface area contributed by atoms with Gasteiger partial charge in [0, 0.05) is 13.0 Å². The monoisotopic (exact) mass is 231 g/mol. The highest BCUT2D eigenvalue weighted by molar-refractivity contribution is 5.75. The van der Waals surface area contributed by atoms with E-state index in [9.17, 15) is 15.0 Å². The standard InChI is InChI=1S/C12H25NO3/c1-5-6-11(15)13-8-10(14)12(4,16)7-9(2)3/h9-10,14,16H,5-8H2,1-4H3,(H,13,15). The average molecular weight is 231 g/mol. The Morgan fingerprint density at radius 1 is 1.44 bits per heavy atom. The summed E-state index contributed by atoms with van der Waals surface area (Å²) in [5.41, 5.74) is -1.15. The fourth-order valence-corrected chi connectivity index (χ4v) is 1.71. The summed E-state index contributed by atoms with van der Waals surface area (Å²) < 4.78 is 0. The molecule has 0 aliphatic heterocycles. The zero-order valence-electron chi connectivity index (χ0n) is 10.8. The molecule has 0 aromatic carbocycles. The first-order valence-electron chi connectivity index (χ1n) is 5.96. The van der Waals surface area contributed by atoms with Crippen LogP contribution in [0.15, 0.2) is 0 Å². The van der Waals surface area contributed by atoms with Crippen molar-refractivity contribution in [2.24, 2.45) is 5.92 Å². The molecular formula is C12H25NO3. The maximum absolute atomic E-state index is 11.2. The van der Waals surface area contributed by atoms with Crippen LogP contribution < -0.4 is 5.32 Å². The Kier molecular flexibility index (Phi) is 6.60. The fraction of sp³-hybridized carbons (Fsp3) is 0.917. The molecule has 0 rings (SSSR count). The third kappa shape index (κ3) is 6.08. The summed E-state index contributed by atoms with van der Waals surface area (Å²) >= 11 is 0. The van der Waals surface area contributed by atoms with Crippen molar-refractivity contribution in [2.75, 3.05) is 6.54 Å². The van der Waals surface area contributed by atoms with E-state index in [1.165, 1.54) is 0 Å². The quantitative estimate of drug-likeness (QED) is 0.613. The van der Waals surface area contributed by atoms with Crippen molar-refractivity contribution in [2.45, 2.75) is 58.7 Å². The van der Waals surface area contributed by atoms with Gasteiger partial charge in [0.15, 0.2) is 0 Å². The van der Waals surface area contributed by atoms with E-state index < -0.39 is 11.7 Å². The maximum atomic E-state index is 11.2. The molecule has 0 heterocycles. The van der Waals surface area contributed by atoms with Gasteiger partial charge in [0.25, 0.3) is 0 Å². The van der Waals surface area contributed by atoms with Gasteiger partial charge in [-0.2, -0.15) is 0 Å². The zero-order chi connectivity index (χ0) is 12.8. The molecule has 0 saturated carbocycles. The molecule has 0 fully saturated rings. The molecule has 0 aliphatic carbocycles. The first-order chi connectivity index (χ1) is 7.29. The number of aliphatic hydroxyl groups excluding tert-OH is 1. The van der Waals surface area contributed by atoms with Crippen LogP contribution in [0, 0.1) is 5.92 Å². The molecule has 96 valence electrons. The third-order valence-electron chi connectivity index (χ3n) is 2.51. The highest BCUT2D eigenvalue weighted by atomic mass is 16.3. The SMILES string of the molecule is CCCC(=O)NCC(O)C(C)(O)CC(C)C. The molecule has 3 N–H and O–H groups in total. The lowest BCUT2D eigenvalue weighted by Gasteiger charge is -2.30. The molecule has 4 nitrogen and oxygen atoms in total. The summed E-state index contributed by atoms with van der Waals surface area (Å²) in [6.45, 7) is 7.60. The predicted molar refractivity (Wildman–Crippen MR) is 64.0 cm³/mol. The predicted octanol–water partition coefficient (Wildman–Crippen LogP) is 1.06. The van der Waals surface area contributed by atoms with Crippen molar-refractivity contribution >= 4 is 5.91 Å². The average Bonchev–Trinajstić information content (AvgIpc) is 2.12. The summed E-state index contributed by atoms with van der Waals surface area (Å²) in [5.74, 6) is 0.220. The van der Waals surface area contributed by atoms with Gasteiger partial charge in [0.2, 0.25) is 5.91 Å². The van der Waals surface area contributed by atoms with Crippen molar-refractivity contribution < 1.29 is 15.0 Å². The van der Waals surface area contributed by atoms with Gasteiger partial charge in [0.05, 0.1) is 11.7 Å². The minimum Gasteiger partial charge on any atom is -0.388 e. The molecule has 2 atom stereocenters. The normalized spacial score (nSPS) is 16.9. The third-order valence-corrected chi connectivity index (χ3v) is 2.51. The zero-order valence-corrected chi connectivity index (χ0v) is 10.8. The van der Waals surface area contributed by atoms with E-state index in [1.807, 2.05) is 20.8 Å². The molecule has 0 aliphatic rings. The number of hydrogen-bond donors (Lipinski definition) is 3. The molecule has 2 unspecified atom stereocenters. The van der Waals surface area contributed by atoms with Gasteiger partial charge >= 0.3 is 0 Å². The van der Waals surface area contributed by atoms with Crippen molar-refractivity contribution in [3.8, 4) is 0 Å². The fourth-order valence-electron chi connectivity index (χ4n) is 1.71. The van der Waals surface area contributed by atoms with Crippen LogP contribution in [0.4, 0.5) is 0 Å². The molecule has 0 bridgehead atoms. The number of hydrogen-bond acceptors (Lipinski definition) is 3. The number of rotatable bonds is 7. The minimum atomic E-state index is -1.15. The van der Waals surface area contributed by atoms with Crippen LogP contribution >= 0.6 is 0 Å². The molecular weight excluding hydrogens is 206 g/mol. The summed E-state index contributed by atoms with van der Waals surface area (Å²) in [6.07, 6.45) is 0.831. The van der Waals surface area contributed by atoms with Crippen LogP contribution in [0.1, 0.15) is 47.0 Å². The molecule has 0 spiro atoms. The highest BCUT2D eigenvalue weighted by Gasteiger charge is 2.31. The van der Waals surface area contributed by atoms with E-state index >= 15 is 0 Å². The van der Waals surface area contributed by atoms with Crippen molar-refractivity contribution in [3.05, 3.63) is 0 Å². The molecule has 0 aromatic heterocycles. The van der Waals surface area contributed by atoms with Crippen molar-refractivity contribution in [1.82, 2.24) is 5.32 Å². The van der Waals surface area contributed by atoms with Gasteiger partial charge in [-0.1, -0.05) is 20.8 Å². The number of aliphatic hydroxyl groups is 2. The van der Waals surface area contributed by atoms with Crippen LogP contribution in [0.2, 0.25) is 0 Å². The first kappa shape index (κ1) is 15.4. The molecule has 0 saturated heterocycles. The summed E-state index contributed by atoms with van der Waals surface area (Å²) in [4.78, 5) is 11.2. The summed E-state index contributed by atoms with van der Waals surface area (Å²) in [7, 11) is 0. The van der Waals surface area contributed by atoms with Gasteiger partial charge in [-0.05, 0) is 25.7 Å². The highest BCUT2D eigenvalue weighted by Crippen LogP contribution is 2.19. The van der Waals surface area contributed by atoms with Gasteiger partial charge < -0.3 is 15.5 Å². The van der Waals surface area contributed by atoms with Gasteiger partial charge in [-0.3, -0.25) is 4.79 Å². The molecule has 4 heteroatoms. The molecule has 0 aromatic rings. The lowest BCUT2D eigenvalue weighted by atomic mass is 9.89. The summed E-state index contributed by atoms with van der Waals surface area (Å²) in [5, 5.41) is 22.4. The molecule has 1 amide bonds. The first-order valence-corrected chi connectivity index (χ1v) is 5.96. The Morgan fingerprint density at radius 2 is 2.00 bits per heavy atom. The molecule has 0 radical (unpaired) electrons. The van der Waals surface area contributed by atoms with E-state index in [0.29, 0.717) is 18.8 Å². The van der Waals surface area contributed by atoms with Crippen LogP contribution in [-0.4, -0.2) is 34.4 Å². The van der Waals surface area contributed by atoms with Gasteiger partial charge in [0.1, 0.15) is 0 Å². The van der Waals surface area contributed by atoms with E-state index in [1.54, 1.807) is 6.92 Å². The Hall–Kier alpha value is -0.610. The Bertz CT molecular complexity index is 214. The number of carbonyl (C=O) groups is 1. The van der Waals surface area contributed by atoms with Crippen LogP contribution in [0.3, 0.4) is 0 Å². The van der Waals surface area contributed by atoms with Gasteiger partial charge in [-0.25, -0.2) is 0 Å². The number of amides is 1. The minimum absolute atomic E-state index is 0.0816. The molecule has 16 heavy (non-hydrogen) atoms. The van der Waals surface area contributed by atoms with E-state index in [4.69, 9.17) is 0 Å². The second-order valence-corrected chi connectivity index (χ2v) is 5.03. The topological polar surface area (TPSA) is 69.6 Å². The Balaban J connectivity index is 4.03. The number of carbonyl (C=O) groups excluding carboxylic acids is 1. The second-order valence-electron chi connectivity index (χ2n) is 5.03. The lowest BCUT2D eigenvalue weighted by molar-refractivity contribution is -0.123. The van der Waals surface area contributed by atoms with E-state index in [0.717, 1.165) is 6.42 Å². The van der Waals surface area contributed by atoms with Crippen LogP contribution in [0.25, 0.3) is 0 Å². The van der Waals surface area contributed by atoms with E-state index in [2.05, 4.69) is 5.32 Å². The maximum Gasteiger partial charge on any atom is 0.220 e. The van der Waals surface area contributed by atoms with Crippen LogP contribution in [0.5, 0.6) is 0 Å². The second kappa shape index (κ2) is 6.86. The smallest absolute Gasteiger partial charge is 0.220 e. The Morgan fingerprint density at radius 3 is 2.44 bits per heavy atom. The van der Waals surface area contributed by atoms with Crippen LogP contribution in [-0.2, 0) is 4.79 Å². The van der Waals surface area contributed by atoms with Gasteiger partial charge in [-0.15, -0.1) is 0 Å².